The Morgan fingerprint density at radius 2 is 1.70 bits per heavy atom. The van der Waals surface area contributed by atoms with E-state index < -0.39 is 0 Å². The van der Waals surface area contributed by atoms with Crippen LogP contribution in [0.3, 0.4) is 0 Å². The van der Waals surface area contributed by atoms with E-state index in [2.05, 4.69) is 37.9 Å². The van der Waals surface area contributed by atoms with E-state index in [1.807, 2.05) is 30.3 Å². The fourth-order valence-corrected chi connectivity index (χ4v) is 3.29. The lowest BCUT2D eigenvalue weighted by Crippen LogP contribution is -2.20. The Balaban J connectivity index is 1.84. The number of rotatable bonds is 4. The second-order valence-electron chi connectivity index (χ2n) is 6.66. The minimum absolute atomic E-state index is 0.00229. The molecule has 0 aliphatic carbocycles. The van der Waals surface area contributed by atoms with Crippen molar-refractivity contribution in [2.24, 2.45) is 0 Å². The molecule has 0 saturated heterocycles. The zero-order valence-corrected chi connectivity index (χ0v) is 14.9. The minimum atomic E-state index is 0.00229. The van der Waals surface area contributed by atoms with Crippen LogP contribution in [0.5, 0.6) is 0 Å². The van der Waals surface area contributed by atoms with Gasteiger partial charge in [0, 0.05) is 16.0 Å². The maximum atomic E-state index is 6.01. The first-order chi connectivity index (χ1) is 10.8. The van der Waals surface area contributed by atoms with Crippen molar-refractivity contribution in [1.82, 2.24) is 4.98 Å². The molecule has 0 fully saturated rings. The zero-order chi connectivity index (χ0) is 16.6. The molecule has 0 aliphatic rings. The standard InChI is InChI=1S/C19H19Cl2NO/c1-12(11-19(2,3)13-4-6-14(20)7-5-13)18-22-16-10-15(21)8-9-17(16)23-18/h4-10,12H,11H2,1-3H3. The first kappa shape index (κ1) is 16.4. The normalized spacial score (nSPS) is 13.4. The van der Waals surface area contributed by atoms with Gasteiger partial charge in [0.15, 0.2) is 11.5 Å². The molecule has 1 unspecified atom stereocenters. The van der Waals surface area contributed by atoms with Gasteiger partial charge in [-0.25, -0.2) is 4.98 Å². The van der Waals surface area contributed by atoms with Crippen LogP contribution in [0.4, 0.5) is 0 Å². The van der Waals surface area contributed by atoms with Crippen LogP contribution in [0.2, 0.25) is 10.0 Å². The summed E-state index contributed by atoms with van der Waals surface area (Å²) in [4.78, 5) is 4.59. The van der Waals surface area contributed by atoms with Crippen LogP contribution >= 0.6 is 23.2 Å². The third-order valence-electron chi connectivity index (χ3n) is 4.23. The summed E-state index contributed by atoms with van der Waals surface area (Å²) in [5.41, 5.74) is 2.85. The number of hydrogen-bond donors (Lipinski definition) is 0. The lowest BCUT2D eigenvalue weighted by Gasteiger charge is -2.27. The second kappa shape index (κ2) is 6.18. The van der Waals surface area contributed by atoms with Crippen molar-refractivity contribution in [3.63, 3.8) is 0 Å². The molecule has 0 saturated carbocycles. The van der Waals surface area contributed by atoms with E-state index in [9.17, 15) is 0 Å². The van der Waals surface area contributed by atoms with Gasteiger partial charge >= 0.3 is 0 Å². The molecule has 0 amide bonds. The summed E-state index contributed by atoms with van der Waals surface area (Å²) in [7, 11) is 0. The zero-order valence-electron chi connectivity index (χ0n) is 13.4. The number of oxazole rings is 1. The van der Waals surface area contributed by atoms with Gasteiger partial charge < -0.3 is 4.42 Å². The molecular weight excluding hydrogens is 329 g/mol. The first-order valence-corrected chi connectivity index (χ1v) is 8.43. The number of nitrogens with zero attached hydrogens (tertiary/aromatic N) is 1. The maximum Gasteiger partial charge on any atom is 0.198 e. The van der Waals surface area contributed by atoms with E-state index in [0.29, 0.717) is 5.02 Å². The minimum Gasteiger partial charge on any atom is -0.440 e. The van der Waals surface area contributed by atoms with E-state index in [4.69, 9.17) is 27.6 Å². The molecule has 2 aromatic carbocycles. The van der Waals surface area contributed by atoms with Gasteiger partial charge in [-0.05, 0) is 47.7 Å². The number of hydrogen-bond acceptors (Lipinski definition) is 2. The van der Waals surface area contributed by atoms with Crippen molar-refractivity contribution in [2.75, 3.05) is 0 Å². The molecule has 120 valence electrons. The summed E-state index contributed by atoms with van der Waals surface area (Å²) in [6.07, 6.45) is 0.926. The Kier molecular flexibility index (Phi) is 4.39. The molecule has 3 rings (SSSR count). The summed E-state index contributed by atoms with van der Waals surface area (Å²) in [5.74, 6) is 0.955. The summed E-state index contributed by atoms with van der Waals surface area (Å²) in [6, 6.07) is 13.6. The van der Waals surface area contributed by atoms with Crippen molar-refractivity contribution in [3.05, 3.63) is 64.0 Å². The van der Waals surface area contributed by atoms with Crippen LogP contribution in [0.1, 0.15) is 44.6 Å². The molecule has 0 aliphatic heterocycles. The van der Waals surface area contributed by atoms with Gasteiger partial charge in [-0.15, -0.1) is 0 Å². The molecule has 0 spiro atoms. The molecule has 3 aromatic rings. The van der Waals surface area contributed by atoms with Gasteiger partial charge in [0.1, 0.15) is 5.52 Å². The fourth-order valence-electron chi connectivity index (χ4n) is 3.00. The Bertz CT molecular complexity index is 821. The second-order valence-corrected chi connectivity index (χ2v) is 7.53. The molecule has 1 heterocycles. The van der Waals surface area contributed by atoms with Crippen LogP contribution < -0.4 is 0 Å². The maximum absolute atomic E-state index is 6.01. The van der Waals surface area contributed by atoms with Gasteiger partial charge in [-0.2, -0.15) is 0 Å². The van der Waals surface area contributed by atoms with E-state index in [0.717, 1.165) is 28.4 Å². The first-order valence-electron chi connectivity index (χ1n) is 7.67. The van der Waals surface area contributed by atoms with Crippen LogP contribution in [0, 0.1) is 0 Å². The number of benzene rings is 2. The van der Waals surface area contributed by atoms with E-state index in [1.165, 1.54) is 5.56 Å². The average molecular weight is 348 g/mol. The van der Waals surface area contributed by atoms with Gasteiger partial charge in [-0.3, -0.25) is 0 Å². The smallest absolute Gasteiger partial charge is 0.198 e. The molecule has 4 heteroatoms. The highest BCUT2D eigenvalue weighted by molar-refractivity contribution is 6.31. The van der Waals surface area contributed by atoms with Crippen molar-refractivity contribution in [2.45, 2.75) is 38.5 Å². The molecule has 0 N–H and O–H groups in total. The summed E-state index contributed by atoms with van der Waals surface area (Å²) in [5, 5.41) is 1.43. The summed E-state index contributed by atoms with van der Waals surface area (Å²) in [6.45, 7) is 6.60. The third kappa shape index (κ3) is 3.54. The van der Waals surface area contributed by atoms with E-state index >= 15 is 0 Å². The molecule has 1 aromatic heterocycles. The van der Waals surface area contributed by atoms with Crippen molar-refractivity contribution in [3.8, 4) is 0 Å². The van der Waals surface area contributed by atoms with Crippen LogP contribution in [-0.2, 0) is 5.41 Å². The Morgan fingerprint density at radius 1 is 1.04 bits per heavy atom. The molecular formula is C19H19Cl2NO. The Labute approximate surface area is 146 Å². The Hall–Kier alpha value is -1.51. The third-order valence-corrected chi connectivity index (χ3v) is 4.72. The molecule has 1 atom stereocenters. The quantitative estimate of drug-likeness (QED) is 0.530. The highest BCUT2D eigenvalue weighted by atomic mass is 35.5. The predicted molar refractivity (Wildman–Crippen MR) is 96.5 cm³/mol. The predicted octanol–water partition coefficient (Wildman–Crippen LogP) is 6.61. The fraction of sp³-hybridized carbons (Fsp3) is 0.316. The van der Waals surface area contributed by atoms with Gasteiger partial charge in [0.05, 0.1) is 0 Å². The van der Waals surface area contributed by atoms with Crippen molar-refractivity contribution >= 4 is 34.3 Å². The van der Waals surface area contributed by atoms with Gasteiger partial charge in [-0.1, -0.05) is 56.1 Å². The molecule has 2 nitrogen and oxygen atoms in total. The monoisotopic (exact) mass is 347 g/mol. The number of fused-ring (bicyclic) bond motifs is 1. The van der Waals surface area contributed by atoms with E-state index in [1.54, 1.807) is 0 Å². The highest BCUT2D eigenvalue weighted by Crippen LogP contribution is 2.36. The van der Waals surface area contributed by atoms with Crippen molar-refractivity contribution in [1.29, 1.82) is 0 Å². The summed E-state index contributed by atoms with van der Waals surface area (Å²) >= 11 is 12.0. The SMILES string of the molecule is CC(CC(C)(C)c1ccc(Cl)cc1)c1nc2cc(Cl)ccc2o1. The van der Waals surface area contributed by atoms with Crippen LogP contribution in [0.25, 0.3) is 11.1 Å². The topological polar surface area (TPSA) is 26.0 Å². The molecule has 23 heavy (non-hydrogen) atoms. The van der Waals surface area contributed by atoms with Gasteiger partial charge in [0.2, 0.25) is 0 Å². The van der Waals surface area contributed by atoms with E-state index in [-0.39, 0.29) is 11.3 Å². The number of halogens is 2. The lowest BCUT2D eigenvalue weighted by atomic mass is 9.77. The summed E-state index contributed by atoms with van der Waals surface area (Å²) < 4.78 is 5.89. The van der Waals surface area contributed by atoms with Gasteiger partial charge in [0.25, 0.3) is 0 Å². The largest absolute Gasteiger partial charge is 0.440 e. The molecule has 0 bridgehead atoms. The molecule has 0 radical (unpaired) electrons. The van der Waals surface area contributed by atoms with Crippen molar-refractivity contribution < 1.29 is 4.42 Å². The highest BCUT2D eigenvalue weighted by Gasteiger charge is 2.26. The lowest BCUT2D eigenvalue weighted by molar-refractivity contribution is 0.387. The van der Waals surface area contributed by atoms with Crippen LogP contribution in [-0.4, -0.2) is 4.98 Å². The number of aromatic nitrogens is 1. The Morgan fingerprint density at radius 3 is 2.39 bits per heavy atom. The van der Waals surface area contributed by atoms with Crippen LogP contribution in [0.15, 0.2) is 46.9 Å². The average Bonchev–Trinajstić information content (AvgIpc) is 2.90.